The molecular formula is C12H20N4O. The quantitative estimate of drug-likeness (QED) is 0.844. The normalized spacial score (nSPS) is 18.5. The Hall–Kier alpha value is -1.36. The zero-order chi connectivity index (χ0) is 12.4. The van der Waals surface area contributed by atoms with E-state index in [1.54, 1.807) is 0 Å². The standard InChI is InChI=1S/C12H20N4O/c1-3-9-8-11(12(13)17)14-16(9)10-4-6-15(2)7-5-10/h8,10H,3-7H2,1-2H3,(H2,13,17). The molecule has 17 heavy (non-hydrogen) atoms. The van der Waals surface area contributed by atoms with Gasteiger partial charge in [0, 0.05) is 5.69 Å². The van der Waals surface area contributed by atoms with Gasteiger partial charge >= 0.3 is 0 Å². The molecule has 2 rings (SSSR count). The number of aryl methyl sites for hydroxylation is 1. The smallest absolute Gasteiger partial charge is 0.269 e. The second-order valence-electron chi connectivity index (χ2n) is 4.72. The Kier molecular flexibility index (Phi) is 3.47. The lowest BCUT2D eigenvalue weighted by atomic mass is 10.1. The molecule has 94 valence electrons. The van der Waals surface area contributed by atoms with Gasteiger partial charge in [0.05, 0.1) is 6.04 Å². The number of hydrogen-bond donors (Lipinski definition) is 1. The molecule has 0 unspecified atom stereocenters. The van der Waals surface area contributed by atoms with E-state index >= 15 is 0 Å². The zero-order valence-corrected chi connectivity index (χ0v) is 10.5. The minimum atomic E-state index is -0.439. The van der Waals surface area contributed by atoms with Crippen LogP contribution in [0.25, 0.3) is 0 Å². The Morgan fingerprint density at radius 1 is 1.53 bits per heavy atom. The number of piperidine rings is 1. The fraction of sp³-hybridized carbons (Fsp3) is 0.667. The Balaban J connectivity index is 2.21. The molecule has 1 aromatic rings. The number of amides is 1. The van der Waals surface area contributed by atoms with Crippen molar-refractivity contribution in [1.82, 2.24) is 14.7 Å². The first-order valence-corrected chi connectivity index (χ1v) is 6.18. The van der Waals surface area contributed by atoms with E-state index in [9.17, 15) is 4.79 Å². The highest BCUT2D eigenvalue weighted by Gasteiger charge is 2.22. The second kappa shape index (κ2) is 4.87. The van der Waals surface area contributed by atoms with E-state index in [-0.39, 0.29) is 0 Å². The van der Waals surface area contributed by atoms with Crippen molar-refractivity contribution in [2.75, 3.05) is 20.1 Å². The van der Waals surface area contributed by atoms with Crippen LogP contribution in [-0.2, 0) is 6.42 Å². The van der Waals surface area contributed by atoms with E-state index < -0.39 is 5.91 Å². The van der Waals surface area contributed by atoms with Crippen molar-refractivity contribution in [2.45, 2.75) is 32.2 Å². The molecule has 0 bridgehead atoms. The average molecular weight is 236 g/mol. The highest BCUT2D eigenvalue weighted by atomic mass is 16.1. The molecule has 0 spiro atoms. The molecule has 1 aliphatic rings. The summed E-state index contributed by atoms with van der Waals surface area (Å²) in [5.74, 6) is -0.439. The van der Waals surface area contributed by atoms with Crippen molar-refractivity contribution in [1.29, 1.82) is 0 Å². The van der Waals surface area contributed by atoms with Crippen LogP contribution < -0.4 is 5.73 Å². The minimum absolute atomic E-state index is 0.390. The van der Waals surface area contributed by atoms with E-state index in [1.807, 2.05) is 10.7 Å². The summed E-state index contributed by atoms with van der Waals surface area (Å²) in [6.45, 7) is 4.24. The lowest BCUT2D eigenvalue weighted by Crippen LogP contribution is -2.32. The van der Waals surface area contributed by atoms with Gasteiger partial charge in [0.1, 0.15) is 5.69 Å². The van der Waals surface area contributed by atoms with Crippen molar-refractivity contribution >= 4 is 5.91 Å². The fourth-order valence-corrected chi connectivity index (χ4v) is 2.37. The van der Waals surface area contributed by atoms with Crippen LogP contribution >= 0.6 is 0 Å². The molecule has 2 heterocycles. The molecular weight excluding hydrogens is 216 g/mol. The molecule has 0 radical (unpaired) electrons. The molecule has 0 aliphatic carbocycles. The first kappa shape index (κ1) is 12.1. The maximum atomic E-state index is 11.2. The van der Waals surface area contributed by atoms with Crippen LogP contribution in [0.15, 0.2) is 6.07 Å². The van der Waals surface area contributed by atoms with Crippen LogP contribution in [-0.4, -0.2) is 40.7 Å². The van der Waals surface area contributed by atoms with Crippen LogP contribution in [0.5, 0.6) is 0 Å². The summed E-state index contributed by atoms with van der Waals surface area (Å²) in [6.07, 6.45) is 3.05. The molecule has 2 N–H and O–H groups in total. The number of hydrogen-bond acceptors (Lipinski definition) is 3. The SMILES string of the molecule is CCc1cc(C(N)=O)nn1C1CCN(C)CC1. The molecule has 1 aromatic heterocycles. The van der Waals surface area contributed by atoms with Gasteiger partial charge in [-0.15, -0.1) is 0 Å². The van der Waals surface area contributed by atoms with Gasteiger partial charge in [-0.05, 0) is 45.5 Å². The number of nitrogens with two attached hydrogens (primary N) is 1. The number of rotatable bonds is 3. The van der Waals surface area contributed by atoms with Gasteiger partial charge in [0.15, 0.2) is 0 Å². The number of primary amides is 1. The fourth-order valence-electron chi connectivity index (χ4n) is 2.37. The summed E-state index contributed by atoms with van der Waals surface area (Å²) in [5, 5.41) is 4.35. The third-order valence-electron chi connectivity index (χ3n) is 3.46. The average Bonchev–Trinajstić information content (AvgIpc) is 2.74. The Bertz CT molecular complexity index is 405. The maximum absolute atomic E-state index is 11.2. The summed E-state index contributed by atoms with van der Waals surface area (Å²) in [4.78, 5) is 13.5. The van der Waals surface area contributed by atoms with Crippen LogP contribution in [0.4, 0.5) is 0 Å². The molecule has 1 fully saturated rings. The monoisotopic (exact) mass is 236 g/mol. The van der Waals surface area contributed by atoms with Gasteiger partial charge < -0.3 is 10.6 Å². The summed E-state index contributed by atoms with van der Waals surface area (Å²) < 4.78 is 2.01. The largest absolute Gasteiger partial charge is 0.364 e. The summed E-state index contributed by atoms with van der Waals surface area (Å²) >= 11 is 0. The lowest BCUT2D eigenvalue weighted by Gasteiger charge is -2.30. The molecule has 5 heteroatoms. The van der Waals surface area contributed by atoms with Crippen molar-refractivity contribution in [2.24, 2.45) is 5.73 Å². The predicted molar refractivity (Wildman–Crippen MR) is 65.9 cm³/mol. The Morgan fingerprint density at radius 2 is 2.18 bits per heavy atom. The van der Waals surface area contributed by atoms with Crippen LogP contribution in [0, 0.1) is 0 Å². The minimum Gasteiger partial charge on any atom is -0.364 e. The number of carbonyl (C=O) groups excluding carboxylic acids is 1. The van der Waals surface area contributed by atoms with E-state index in [1.165, 1.54) is 0 Å². The second-order valence-corrected chi connectivity index (χ2v) is 4.72. The number of aromatic nitrogens is 2. The molecule has 1 saturated heterocycles. The van der Waals surface area contributed by atoms with Gasteiger partial charge in [-0.1, -0.05) is 6.92 Å². The molecule has 0 saturated carbocycles. The van der Waals surface area contributed by atoms with Crippen molar-refractivity contribution in [3.63, 3.8) is 0 Å². The number of nitrogens with zero attached hydrogens (tertiary/aromatic N) is 3. The van der Waals surface area contributed by atoms with Gasteiger partial charge in [-0.2, -0.15) is 5.10 Å². The third kappa shape index (κ3) is 2.49. The van der Waals surface area contributed by atoms with Crippen LogP contribution in [0.2, 0.25) is 0 Å². The summed E-state index contributed by atoms with van der Waals surface area (Å²) in [7, 11) is 2.13. The van der Waals surface area contributed by atoms with Crippen molar-refractivity contribution in [3.8, 4) is 0 Å². The highest BCUT2D eigenvalue weighted by molar-refractivity contribution is 5.90. The lowest BCUT2D eigenvalue weighted by molar-refractivity contribution is 0.0994. The van der Waals surface area contributed by atoms with Crippen molar-refractivity contribution in [3.05, 3.63) is 17.5 Å². The van der Waals surface area contributed by atoms with Crippen LogP contribution in [0.1, 0.15) is 42.0 Å². The van der Waals surface area contributed by atoms with Crippen molar-refractivity contribution < 1.29 is 4.79 Å². The predicted octanol–water partition coefficient (Wildman–Crippen LogP) is 0.811. The number of carbonyl (C=O) groups is 1. The molecule has 1 amide bonds. The first-order valence-electron chi connectivity index (χ1n) is 6.18. The maximum Gasteiger partial charge on any atom is 0.269 e. The van der Waals surface area contributed by atoms with Gasteiger partial charge in [0.25, 0.3) is 5.91 Å². The Morgan fingerprint density at radius 3 is 2.71 bits per heavy atom. The van der Waals surface area contributed by atoms with Gasteiger partial charge in [0.2, 0.25) is 0 Å². The third-order valence-corrected chi connectivity index (χ3v) is 3.46. The number of likely N-dealkylation sites (tertiary alicyclic amines) is 1. The van der Waals surface area contributed by atoms with E-state index in [0.717, 1.165) is 38.0 Å². The van der Waals surface area contributed by atoms with E-state index in [2.05, 4.69) is 24.0 Å². The Labute approximate surface area is 102 Å². The van der Waals surface area contributed by atoms with Gasteiger partial charge in [-0.25, -0.2) is 0 Å². The molecule has 1 aliphatic heterocycles. The van der Waals surface area contributed by atoms with E-state index in [0.29, 0.717) is 11.7 Å². The first-order chi connectivity index (χ1) is 8.11. The van der Waals surface area contributed by atoms with E-state index in [4.69, 9.17) is 5.73 Å². The molecule has 0 atom stereocenters. The molecule has 0 aromatic carbocycles. The van der Waals surface area contributed by atoms with Gasteiger partial charge in [-0.3, -0.25) is 9.48 Å². The summed E-state index contributed by atoms with van der Waals surface area (Å²) in [5.41, 5.74) is 6.77. The van der Waals surface area contributed by atoms with Crippen LogP contribution in [0.3, 0.4) is 0 Å². The topological polar surface area (TPSA) is 64.2 Å². The zero-order valence-electron chi connectivity index (χ0n) is 10.5. The summed E-state index contributed by atoms with van der Waals surface area (Å²) in [6, 6.07) is 2.23. The molecule has 5 nitrogen and oxygen atoms in total. The highest BCUT2D eigenvalue weighted by Crippen LogP contribution is 2.23.